The van der Waals surface area contributed by atoms with Crippen molar-refractivity contribution in [2.75, 3.05) is 18.1 Å². The van der Waals surface area contributed by atoms with E-state index in [2.05, 4.69) is 15.9 Å². The highest BCUT2D eigenvalue weighted by Crippen LogP contribution is 2.36. The number of carbonyl (C=O) groups is 1. The van der Waals surface area contributed by atoms with Crippen LogP contribution in [0.15, 0.2) is 22.7 Å². The zero-order chi connectivity index (χ0) is 14.9. The largest absolute Gasteiger partial charge is 0.482 e. The van der Waals surface area contributed by atoms with Gasteiger partial charge in [-0.25, -0.2) is 0 Å². The van der Waals surface area contributed by atoms with E-state index in [-0.39, 0.29) is 12.3 Å². The molecule has 8 heteroatoms. The maximum absolute atomic E-state index is 12.7. The van der Waals surface area contributed by atoms with E-state index in [9.17, 15) is 18.0 Å². The van der Waals surface area contributed by atoms with Crippen molar-refractivity contribution in [2.45, 2.75) is 6.18 Å². The Kier molecular flexibility index (Phi) is 3.90. The van der Waals surface area contributed by atoms with Crippen LogP contribution in [0.25, 0.3) is 0 Å². The first-order valence-electron chi connectivity index (χ1n) is 5.52. The maximum atomic E-state index is 12.7. The first-order valence-corrected chi connectivity index (χ1v) is 6.31. The minimum atomic E-state index is -4.68. The predicted molar refractivity (Wildman–Crippen MR) is 67.1 cm³/mol. The molecule has 0 saturated carbocycles. The molecule has 1 unspecified atom stereocenters. The molecule has 0 fully saturated rings. The minimum absolute atomic E-state index is 0.222. The number of halogens is 4. The molecule has 0 bridgehead atoms. The summed E-state index contributed by atoms with van der Waals surface area (Å²) in [5.74, 6) is -2.54. The normalized spacial score (nSPS) is 16.1. The standard InChI is InChI=1S/C12H8BrF3N2O2/c13-8-1-2-10-9(3-8)18(11(19)6-20-10)5-7(4-17)12(14,15)16/h1-3,7H,5-6H2. The molecule has 0 aliphatic carbocycles. The van der Waals surface area contributed by atoms with Crippen LogP contribution in [-0.4, -0.2) is 25.2 Å². The molecule has 106 valence electrons. The van der Waals surface area contributed by atoms with Gasteiger partial charge in [0.25, 0.3) is 5.91 Å². The zero-order valence-corrected chi connectivity index (χ0v) is 11.5. The van der Waals surface area contributed by atoms with Crippen LogP contribution in [0.4, 0.5) is 18.9 Å². The minimum Gasteiger partial charge on any atom is -0.482 e. The number of anilines is 1. The average molecular weight is 349 g/mol. The lowest BCUT2D eigenvalue weighted by atomic mass is 10.1. The number of hydrogen-bond acceptors (Lipinski definition) is 3. The van der Waals surface area contributed by atoms with Crippen molar-refractivity contribution in [1.29, 1.82) is 5.26 Å². The summed E-state index contributed by atoms with van der Waals surface area (Å²) in [4.78, 5) is 12.7. The second kappa shape index (κ2) is 5.32. The Hall–Kier alpha value is -1.75. The summed E-state index contributed by atoms with van der Waals surface area (Å²) in [6, 6.07) is 5.87. The van der Waals surface area contributed by atoms with Crippen molar-refractivity contribution in [3.63, 3.8) is 0 Å². The van der Waals surface area contributed by atoms with Gasteiger partial charge in [-0.3, -0.25) is 4.79 Å². The van der Waals surface area contributed by atoms with Gasteiger partial charge >= 0.3 is 6.18 Å². The molecule has 1 heterocycles. The summed E-state index contributed by atoms with van der Waals surface area (Å²) in [7, 11) is 0. The van der Waals surface area contributed by atoms with E-state index in [0.29, 0.717) is 10.2 Å². The van der Waals surface area contributed by atoms with Crippen LogP contribution in [0.1, 0.15) is 0 Å². The van der Waals surface area contributed by atoms with Crippen molar-refractivity contribution in [2.24, 2.45) is 5.92 Å². The molecular weight excluding hydrogens is 341 g/mol. The van der Waals surface area contributed by atoms with Gasteiger partial charge in [0.15, 0.2) is 12.5 Å². The van der Waals surface area contributed by atoms with E-state index in [1.165, 1.54) is 12.1 Å². The predicted octanol–water partition coefficient (Wildman–Crippen LogP) is 2.88. The number of rotatable bonds is 2. The Morgan fingerprint density at radius 2 is 2.20 bits per heavy atom. The third-order valence-corrected chi connectivity index (χ3v) is 3.27. The molecule has 20 heavy (non-hydrogen) atoms. The number of fused-ring (bicyclic) bond motifs is 1. The molecule has 0 radical (unpaired) electrons. The van der Waals surface area contributed by atoms with Crippen molar-refractivity contribution >= 4 is 27.5 Å². The molecule has 1 aromatic rings. The molecule has 4 nitrogen and oxygen atoms in total. The maximum Gasteiger partial charge on any atom is 0.406 e. The van der Waals surface area contributed by atoms with Crippen molar-refractivity contribution in [3.05, 3.63) is 22.7 Å². The Balaban J connectivity index is 2.35. The topological polar surface area (TPSA) is 53.3 Å². The Morgan fingerprint density at radius 1 is 1.50 bits per heavy atom. The molecule has 1 aromatic carbocycles. The van der Waals surface area contributed by atoms with Crippen LogP contribution >= 0.6 is 15.9 Å². The van der Waals surface area contributed by atoms with Crippen molar-refractivity contribution < 1.29 is 22.7 Å². The van der Waals surface area contributed by atoms with Crippen LogP contribution < -0.4 is 9.64 Å². The van der Waals surface area contributed by atoms with E-state index in [0.717, 1.165) is 4.90 Å². The summed E-state index contributed by atoms with van der Waals surface area (Å²) < 4.78 is 43.7. The molecule has 0 aromatic heterocycles. The van der Waals surface area contributed by atoms with Crippen LogP contribution in [-0.2, 0) is 4.79 Å². The summed E-state index contributed by atoms with van der Waals surface area (Å²) in [5.41, 5.74) is 0.222. The average Bonchev–Trinajstić information content (AvgIpc) is 2.36. The van der Waals surface area contributed by atoms with Gasteiger partial charge in [0, 0.05) is 4.47 Å². The highest BCUT2D eigenvalue weighted by Gasteiger charge is 2.43. The van der Waals surface area contributed by atoms with Crippen LogP contribution in [0.5, 0.6) is 5.75 Å². The van der Waals surface area contributed by atoms with Crippen LogP contribution in [0.2, 0.25) is 0 Å². The first-order chi connectivity index (χ1) is 9.32. The number of nitrogens with zero attached hydrogens (tertiary/aromatic N) is 2. The summed E-state index contributed by atoms with van der Waals surface area (Å²) in [5, 5.41) is 8.63. The highest BCUT2D eigenvalue weighted by atomic mass is 79.9. The molecule has 1 aliphatic heterocycles. The van der Waals surface area contributed by atoms with E-state index < -0.39 is 24.5 Å². The molecule has 0 N–H and O–H groups in total. The van der Waals surface area contributed by atoms with Gasteiger partial charge in [-0.15, -0.1) is 0 Å². The van der Waals surface area contributed by atoms with E-state index in [4.69, 9.17) is 10.00 Å². The third kappa shape index (κ3) is 2.88. The van der Waals surface area contributed by atoms with Crippen LogP contribution in [0.3, 0.4) is 0 Å². The fourth-order valence-corrected chi connectivity index (χ4v) is 2.12. The Labute approximate surface area is 120 Å². The molecule has 1 aliphatic rings. The van der Waals surface area contributed by atoms with Gasteiger partial charge in [0.05, 0.1) is 18.3 Å². The molecule has 0 spiro atoms. The van der Waals surface area contributed by atoms with Gasteiger partial charge < -0.3 is 9.64 Å². The van der Waals surface area contributed by atoms with Gasteiger partial charge in [0.2, 0.25) is 0 Å². The van der Waals surface area contributed by atoms with E-state index in [1.54, 1.807) is 12.1 Å². The number of alkyl halides is 3. The van der Waals surface area contributed by atoms with Crippen molar-refractivity contribution in [1.82, 2.24) is 0 Å². The van der Waals surface area contributed by atoms with Gasteiger partial charge in [-0.05, 0) is 18.2 Å². The number of ether oxygens (including phenoxy) is 1. The second-order valence-corrected chi connectivity index (χ2v) is 5.04. The highest BCUT2D eigenvalue weighted by molar-refractivity contribution is 9.10. The summed E-state index contributed by atoms with van der Waals surface area (Å²) >= 11 is 3.18. The third-order valence-electron chi connectivity index (χ3n) is 2.78. The van der Waals surface area contributed by atoms with Crippen molar-refractivity contribution in [3.8, 4) is 11.8 Å². The number of amides is 1. The summed E-state index contributed by atoms with van der Waals surface area (Å²) in [6.45, 7) is -1.09. The molecular formula is C12H8BrF3N2O2. The Bertz CT molecular complexity index is 583. The first kappa shape index (κ1) is 14.7. The fraction of sp³-hybridized carbons (Fsp3) is 0.333. The molecule has 2 rings (SSSR count). The fourth-order valence-electron chi connectivity index (χ4n) is 1.78. The summed E-state index contributed by atoms with van der Waals surface area (Å²) in [6.07, 6.45) is -4.68. The lowest BCUT2D eigenvalue weighted by Crippen LogP contribution is -2.44. The number of benzene rings is 1. The number of nitriles is 1. The van der Waals surface area contributed by atoms with Gasteiger partial charge in [-0.2, -0.15) is 18.4 Å². The van der Waals surface area contributed by atoms with E-state index >= 15 is 0 Å². The zero-order valence-electron chi connectivity index (χ0n) is 9.95. The molecule has 0 saturated heterocycles. The quantitative estimate of drug-likeness (QED) is 0.825. The lowest BCUT2D eigenvalue weighted by molar-refractivity contribution is -0.157. The van der Waals surface area contributed by atoms with E-state index in [1.807, 2.05) is 0 Å². The second-order valence-electron chi connectivity index (χ2n) is 4.13. The lowest BCUT2D eigenvalue weighted by Gasteiger charge is -2.31. The smallest absolute Gasteiger partial charge is 0.406 e. The number of carbonyl (C=O) groups excluding carboxylic acids is 1. The van der Waals surface area contributed by atoms with Gasteiger partial charge in [-0.1, -0.05) is 15.9 Å². The Morgan fingerprint density at radius 3 is 2.80 bits per heavy atom. The molecule has 1 atom stereocenters. The van der Waals surface area contributed by atoms with Gasteiger partial charge in [0.1, 0.15) is 5.75 Å². The number of hydrogen-bond donors (Lipinski definition) is 0. The monoisotopic (exact) mass is 348 g/mol. The SMILES string of the molecule is N#CC(CN1C(=O)COc2ccc(Br)cc21)C(F)(F)F. The molecule has 1 amide bonds. The van der Waals surface area contributed by atoms with Crippen LogP contribution in [0, 0.1) is 17.2 Å².